The second-order valence-electron chi connectivity index (χ2n) is 10.0. The van der Waals surface area contributed by atoms with Gasteiger partial charge in [0.25, 0.3) is 0 Å². The summed E-state index contributed by atoms with van der Waals surface area (Å²) < 4.78 is 0. The van der Waals surface area contributed by atoms with Crippen LogP contribution in [0.1, 0.15) is 23.7 Å². The highest BCUT2D eigenvalue weighted by Crippen LogP contribution is 2.49. The lowest BCUT2D eigenvalue weighted by Gasteiger charge is -2.50. The Balaban J connectivity index is 1.82. The quantitative estimate of drug-likeness (QED) is 0.162. The van der Waals surface area contributed by atoms with Crippen molar-refractivity contribution in [2.45, 2.75) is 25.5 Å². The molecule has 0 unspecified atom stereocenters. The van der Waals surface area contributed by atoms with Gasteiger partial charge in [-0.1, -0.05) is 103 Å². The molecule has 0 spiro atoms. The minimum Gasteiger partial charge on any atom is -0.508 e. The van der Waals surface area contributed by atoms with Gasteiger partial charge in [-0.05, 0) is 35.0 Å². The smallest absolute Gasteiger partial charge is 0.353 e. The van der Waals surface area contributed by atoms with E-state index >= 15 is 0 Å². The number of aromatic hydroxyl groups is 1. The van der Waals surface area contributed by atoms with Gasteiger partial charge < -0.3 is 20.2 Å². The molecule has 1 heterocycles. The first-order valence-electron chi connectivity index (χ1n) is 13.3. The molecule has 1 saturated heterocycles. The van der Waals surface area contributed by atoms with Gasteiger partial charge in [0.2, 0.25) is 5.91 Å². The van der Waals surface area contributed by atoms with Crippen molar-refractivity contribution >= 4 is 45.9 Å². The van der Waals surface area contributed by atoms with Gasteiger partial charge in [-0.3, -0.25) is 9.59 Å². The number of Topliss-reactive ketones (excluding diaryl/α,β-unsaturated/α-hetero) is 1. The van der Waals surface area contributed by atoms with Gasteiger partial charge in [0.05, 0.1) is 18.1 Å². The highest BCUT2D eigenvalue weighted by atomic mass is 31.2. The number of nitrogens with zero attached hydrogens (tertiary/aromatic N) is 1. The van der Waals surface area contributed by atoms with Crippen molar-refractivity contribution in [2.24, 2.45) is 5.92 Å². The van der Waals surface area contributed by atoms with Crippen LogP contribution in [-0.4, -0.2) is 55.4 Å². The lowest BCUT2D eigenvalue weighted by Crippen LogP contribution is -2.68. The maximum atomic E-state index is 13.8. The Hall–Kier alpha value is -4.45. The Morgan fingerprint density at radius 3 is 1.71 bits per heavy atom. The minimum absolute atomic E-state index is 0.0792. The van der Waals surface area contributed by atoms with Gasteiger partial charge in [0.1, 0.15) is 11.2 Å². The summed E-state index contributed by atoms with van der Waals surface area (Å²) in [6.07, 6.45) is -1.33. The van der Waals surface area contributed by atoms with Crippen molar-refractivity contribution in [3.8, 4) is 5.75 Å². The number of hydrogen-bond acceptors (Lipinski definition) is 5. The summed E-state index contributed by atoms with van der Waals surface area (Å²) in [6, 6.07) is 32.8. The Morgan fingerprint density at radius 1 is 0.805 bits per heavy atom. The van der Waals surface area contributed by atoms with E-state index in [9.17, 15) is 29.7 Å². The summed E-state index contributed by atoms with van der Waals surface area (Å²) in [5.41, 5.74) is 0.123. The summed E-state index contributed by atoms with van der Waals surface area (Å²) >= 11 is 0. The molecule has 208 valence electrons. The number of carboxylic acids is 1. The van der Waals surface area contributed by atoms with Gasteiger partial charge >= 0.3 is 5.97 Å². The number of aliphatic carboxylic acids is 1. The first-order valence-corrected chi connectivity index (χ1v) is 15.1. The standard InChI is InChI=1S/C33H30NO6P/c1-22(35)30-28(21-29(37)23-12-11-13-24(36)20-23)34(31(30)38)32(33(39)40)41(25-14-5-2-6-15-25,26-16-7-3-8-17-26)27-18-9-4-10-19-27/h2-20,22,28,30,35-36H,21H2,1H3,(H,39,40)/t22-,28-,30-/m1/s1. The Morgan fingerprint density at radius 2 is 1.29 bits per heavy atom. The van der Waals surface area contributed by atoms with E-state index in [0.717, 1.165) is 15.9 Å². The number of carbonyl (C=O) groups is 3. The summed E-state index contributed by atoms with van der Waals surface area (Å²) in [7, 11) is 0. The zero-order valence-electron chi connectivity index (χ0n) is 22.4. The average molecular weight is 568 g/mol. The first-order chi connectivity index (χ1) is 19.8. The van der Waals surface area contributed by atoms with E-state index in [1.54, 1.807) is 12.1 Å². The van der Waals surface area contributed by atoms with E-state index in [2.05, 4.69) is 0 Å². The number of likely N-dealkylation sites (tertiary alicyclic amines) is 1. The van der Waals surface area contributed by atoms with Gasteiger partial charge in [0.15, 0.2) is 5.78 Å². The predicted octanol–water partition coefficient (Wildman–Crippen LogP) is 3.38. The Labute approximate surface area is 238 Å². The molecule has 4 aromatic carbocycles. The molecule has 8 heteroatoms. The first kappa shape index (κ1) is 28.1. The molecule has 1 aliphatic heterocycles. The lowest BCUT2D eigenvalue weighted by atomic mass is 9.79. The van der Waals surface area contributed by atoms with Gasteiger partial charge in [-0.25, -0.2) is 4.79 Å². The third kappa shape index (κ3) is 4.99. The van der Waals surface area contributed by atoms with Gasteiger partial charge in [-0.15, -0.1) is 0 Å². The fourth-order valence-corrected chi connectivity index (χ4v) is 10.1. The second kappa shape index (κ2) is 11.6. The van der Waals surface area contributed by atoms with Crippen molar-refractivity contribution in [1.29, 1.82) is 0 Å². The Kier molecular flexibility index (Phi) is 7.93. The van der Waals surface area contributed by atoms with Crippen LogP contribution >= 0.6 is 6.89 Å². The van der Waals surface area contributed by atoms with Gasteiger partial charge in [0, 0.05) is 18.9 Å². The molecule has 0 aliphatic carbocycles. The maximum Gasteiger partial charge on any atom is 0.353 e. The number of benzene rings is 4. The monoisotopic (exact) mass is 567 g/mol. The SMILES string of the molecule is C[C@@H](O)[C@H]1C(=O)N(C(C(=O)O)=P(c2ccccc2)(c2ccccc2)c2ccccc2)[C@@H]1CC(=O)c1cccc(O)c1. The van der Waals surface area contributed by atoms with Crippen LogP contribution in [0.4, 0.5) is 0 Å². The van der Waals surface area contributed by atoms with Crippen LogP contribution in [0.15, 0.2) is 115 Å². The molecule has 1 aliphatic rings. The molecule has 0 aromatic heterocycles. The van der Waals surface area contributed by atoms with Crippen LogP contribution < -0.4 is 15.9 Å². The number of aliphatic hydroxyl groups excluding tert-OH is 1. The molecule has 41 heavy (non-hydrogen) atoms. The highest BCUT2D eigenvalue weighted by molar-refractivity contribution is 7.96. The third-order valence-electron chi connectivity index (χ3n) is 7.52. The molecule has 5 rings (SSSR count). The van der Waals surface area contributed by atoms with E-state index < -0.39 is 36.8 Å². The zero-order valence-corrected chi connectivity index (χ0v) is 23.3. The molecule has 3 atom stereocenters. The van der Waals surface area contributed by atoms with Crippen LogP contribution in [0.3, 0.4) is 0 Å². The number of amides is 1. The molecule has 1 fully saturated rings. The number of hydrogen-bond donors (Lipinski definition) is 3. The van der Waals surface area contributed by atoms with Crippen LogP contribution in [0, 0.1) is 5.92 Å². The van der Waals surface area contributed by atoms with Crippen LogP contribution in [0.25, 0.3) is 0 Å². The van der Waals surface area contributed by atoms with E-state index in [4.69, 9.17) is 0 Å². The molecule has 1 amide bonds. The number of rotatable bonds is 9. The van der Waals surface area contributed by atoms with Crippen molar-refractivity contribution in [1.82, 2.24) is 4.90 Å². The zero-order chi connectivity index (χ0) is 29.1. The predicted molar refractivity (Wildman–Crippen MR) is 161 cm³/mol. The largest absolute Gasteiger partial charge is 0.508 e. The number of ketones is 1. The highest BCUT2D eigenvalue weighted by Gasteiger charge is 2.55. The number of aliphatic hydroxyl groups is 1. The van der Waals surface area contributed by atoms with E-state index in [1.807, 2.05) is 91.0 Å². The van der Waals surface area contributed by atoms with E-state index in [0.29, 0.717) is 0 Å². The molecule has 0 saturated carbocycles. The summed E-state index contributed by atoms with van der Waals surface area (Å²) in [6.45, 7) is -1.73. The average Bonchev–Trinajstić information content (AvgIpc) is 2.98. The van der Waals surface area contributed by atoms with E-state index in [-0.39, 0.29) is 28.9 Å². The fourth-order valence-electron chi connectivity index (χ4n) is 5.74. The molecule has 4 aromatic rings. The third-order valence-corrected chi connectivity index (χ3v) is 11.8. The molecule has 7 nitrogen and oxygen atoms in total. The number of phenolic OH excluding ortho intramolecular Hbond substituents is 1. The molecular weight excluding hydrogens is 537 g/mol. The molecular formula is C33H30NO6P. The normalized spacial score (nSPS) is 17.4. The second-order valence-corrected chi connectivity index (χ2v) is 13.3. The number of carbonyl (C=O) groups excluding carboxylic acids is 2. The van der Waals surface area contributed by atoms with Gasteiger partial charge in [-0.2, -0.15) is 0 Å². The maximum absolute atomic E-state index is 13.8. The summed E-state index contributed by atoms with van der Waals surface area (Å²) in [5.74, 6) is -3.23. The molecule has 0 bridgehead atoms. The van der Waals surface area contributed by atoms with Crippen LogP contribution in [0.2, 0.25) is 0 Å². The lowest BCUT2D eigenvalue weighted by molar-refractivity contribution is -0.156. The van der Waals surface area contributed by atoms with Crippen molar-refractivity contribution < 1.29 is 29.7 Å². The summed E-state index contributed by atoms with van der Waals surface area (Å²) in [5, 5.41) is 33.7. The number of β-lactam (4-membered cyclic amide) rings is 1. The van der Waals surface area contributed by atoms with Crippen molar-refractivity contribution in [3.05, 3.63) is 121 Å². The number of phenols is 1. The molecule has 3 N–H and O–H groups in total. The topological polar surface area (TPSA) is 115 Å². The Bertz CT molecular complexity index is 1530. The molecule has 0 radical (unpaired) electrons. The minimum atomic E-state index is -3.21. The van der Waals surface area contributed by atoms with Crippen LogP contribution in [-0.2, 0) is 9.59 Å². The fraction of sp³-hybridized carbons (Fsp3) is 0.152. The van der Waals surface area contributed by atoms with Crippen molar-refractivity contribution in [2.75, 3.05) is 0 Å². The van der Waals surface area contributed by atoms with E-state index in [1.165, 1.54) is 24.0 Å². The summed E-state index contributed by atoms with van der Waals surface area (Å²) in [4.78, 5) is 41.9. The van der Waals surface area contributed by atoms with Crippen LogP contribution in [0.5, 0.6) is 5.75 Å². The van der Waals surface area contributed by atoms with Crippen molar-refractivity contribution in [3.63, 3.8) is 0 Å². The number of carboxylic acid groups (broad SMARTS) is 1.